The zero-order valence-corrected chi connectivity index (χ0v) is 12.3. The number of carbonyl (C=O) groups is 1. The van der Waals surface area contributed by atoms with Crippen LogP contribution in [0.4, 0.5) is 4.79 Å². The minimum absolute atomic E-state index is 0.353. The first-order valence-corrected chi connectivity index (χ1v) is 7.40. The Bertz CT molecular complexity index is 414. The lowest BCUT2D eigenvalue weighted by Gasteiger charge is -2.34. The van der Waals surface area contributed by atoms with Crippen molar-refractivity contribution in [2.75, 3.05) is 19.6 Å². The maximum absolute atomic E-state index is 11.7. The Balaban J connectivity index is 1.70. The van der Waals surface area contributed by atoms with Crippen molar-refractivity contribution in [3.05, 3.63) is 30.3 Å². The molecular formula is C16H24N2O2. The van der Waals surface area contributed by atoms with E-state index >= 15 is 0 Å². The highest BCUT2D eigenvalue weighted by atomic mass is 16.6. The highest BCUT2D eigenvalue weighted by Gasteiger charge is 2.20. The monoisotopic (exact) mass is 276 g/mol. The van der Waals surface area contributed by atoms with E-state index in [1.807, 2.05) is 18.2 Å². The maximum Gasteiger partial charge on any atom is 0.412 e. The van der Waals surface area contributed by atoms with Crippen LogP contribution in [0.3, 0.4) is 0 Å². The van der Waals surface area contributed by atoms with Crippen LogP contribution in [-0.4, -0.2) is 36.7 Å². The van der Waals surface area contributed by atoms with Crippen molar-refractivity contribution < 1.29 is 9.53 Å². The van der Waals surface area contributed by atoms with Crippen LogP contribution < -0.4 is 10.1 Å². The fraction of sp³-hybridized carbons (Fsp3) is 0.562. The summed E-state index contributed by atoms with van der Waals surface area (Å²) in [6.45, 7) is 7.33. The number of carbonyl (C=O) groups excluding carboxylic acids is 1. The van der Waals surface area contributed by atoms with Gasteiger partial charge in [-0.15, -0.1) is 0 Å². The van der Waals surface area contributed by atoms with E-state index in [0.29, 0.717) is 18.3 Å². The predicted octanol–water partition coefficient (Wildman–Crippen LogP) is 2.90. The molecule has 0 bridgehead atoms. The van der Waals surface area contributed by atoms with Crippen molar-refractivity contribution in [3.8, 4) is 5.75 Å². The molecule has 1 heterocycles. The van der Waals surface area contributed by atoms with Gasteiger partial charge in [0, 0.05) is 12.6 Å². The summed E-state index contributed by atoms with van der Waals surface area (Å²) in [4.78, 5) is 14.1. The highest BCUT2D eigenvalue weighted by molar-refractivity contribution is 5.70. The predicted molar refractivity (Wildman–Crippen MR) is 79.9 cm³/mol. The Labute approximate surface area is 121 Å². The molecule has 1 aromatic rings. The zero-order valence-electron chi connectivity index (χ0n) is 12.3. The number of rotatable bonds is 4. The molecule has 1 aliphatic rings. The molecule has 4 heteroatoms. The largest absolute Gasteiger partial charge is 0.412 e. The van der Waals surface area contributed by atoms with E-state index < -0.39 is 0 Å². The highest BCUT2D eigenvalue weighted by Crippen LogP contribution is 2.17. The number of piperidine rings is 1. The molecule has 1 aromatic carbocycles. The van der Waals surface area contributed by atoms with E-state index in [-0.39, 0.29) is 6.09 Å². The molecule has 1 N–H and O–H groups in total. The van der Waals surface area contributed by atoms with Gasteiger partial charge in [-0.2, -0.15) is 0 Å². The van der Waals surface area contributed by atoms with Gasteiger partial charge >= 0.3 is 6.09 Å². The number of likely N-dealkylation sites (tertiary alicyclic amines) is 1. The van der Waals surface area contributed by atoms with Gasteiger partial charge in [0.2, 0.25) is 0 Å². The van der Waals surface area contributed by atoms with E-state index in [2.05, 4.69) is 24.1 Å². The summed E-state index contributed by atoms with van der Waals surface area (Å²) >= 11 is 0. The van der Waals surface area contributed by atoms with Gasteiger partial charge in [0.05, 0.1) is 0 Å². The summed E-state index contributed by atoms with van der Waals surface area (Å²) in [5.41, 5.74) is 0. The van der Waals surface area contributed by atoms with Gasteiger partial charge in [0.25, 0.3) is 0 Å². The summed E-state index contributed by atoms with van der Waals surface area (Å²) < 4.78 is 5.20. The normalized spacial score (nSPS) is 18.5. The van der Waals surface area contributed by atoms with Crippen LogP contribution in [-0.2, 0) is 0 Å². The molecule has 0 aliphatic carbocycles. The molecule has 2 rings (SSSR count). The van der Waals surface area contributed by atoms with Gasteiger partial charge in [-0.1, -0.05) is 25.1 Å². The molecule has 1 fully saturated rings. The Morgan fingerprint density at radius 3 is 2.65 bits per heavy atom. The van der Waals surface area contributed by atoms with Crippen molar-refractivity contribution in [2.45, 2.75) is 32.7 Å². The summed E-state index contributed by atoms with van der Waals surface area (Å²) in [7, 11) is 0. The van der Waals surface area contributed by atoms with Gasteiger partial charge in [0.15, 0.2) is 0 Å². The summed E-state index contributed by atoms with van der Waals surface area (Å²) in [5.74, 6) is 1.40. The quantitative estimate of drug-likeness (QED) is 0.919. The SMILES string of the molecule is CC1CCN(C(C)CNC(=O)Oc2ccccc2)CC1. The third-order valence-electron chi connectivity index (χ3n) is 3.94. The third-order valence-corrected chi connectivity index (χ3v) is 3.94. The second-order valence-electron chi connectivity index (χ2n) is 5.65. The summed E-state index contributed by atoms with van der Waals surface area (Å²) in [6.07, 6.45) is 2.12. The molecule has 1 aliphatic heterocycles. The molecule has 4 nitrogen and oxygen atoms in total. The van der Waals surface area contributed by atoms with Crippen LogP contribution in [0.5, 0.6) is 5.75 Å². The van der Waals surface area contributed by atoms with Gasteiger partial charge < -0.3 is 10.1 Å². The summed E-state index contributed by atoms with van der Waals surface area (Å²) in [6, 6.07) is 9.49. The average Bonchev–Trinajstić information content (AvgIpc) is 2.46. The van der Waals surface area contributed by atoms with E-state index in [1.54, 1.807) is 12.1 Å². The molecule has 1 amide bonds. The number of nitrogens with one attached hydrogen (secondary N) is 1. The lowest BCUT2D eigenvalue weighted by Crippen LogP contribution is -2.46. The van der Waals surface area contributed by atoms with Crippen LogP contribution in [0, 0.1) is 5.92 Å². The van der Waals surface area contributed by atoms with Crippen molar-refractivity contribution in [2.24, 2.45) is 5.92 Å². The number of ether oxygens (including phenoxy) is 1. The molecule has 1 unspecified atom stereocenters. The standard InChI is InChI=1S/C16H24N2O2/c1-13-8-10-18(11-9-13)14(2)12-17-16(19)20-15-6-4-3-5-7-15/h3-7,13-14H,8-12H2,1-2H3,(H,17,19). The molecule has 0 spiro atoms. The van der Waals surface area contributed by atoms with Gasteiger partial charge in [-0.3, -0.25) is 4.90 Å². The van der Waals surface area contributed by atoms with E-state index in [0.717, 1.165) is 19.0 Å². The minimum atomic E-state index is -0.381. The molecule has 20 heavy (non-hydrogen) atoms. The lowest BCUT2D eigenvalue weighted by atomic mass is 9.98. The average molecular weight is 276 g/mol. The number of nitrogens with zero attached hydrogens (tertiary/aromatic N) is 1. The number of amides is 1. The maximum atomic E-state index is 11.7. The van der Waals surface area contributed by atoms with Gasteiger partial charge in [-0.05, 0) is 50.9 Å². The molecular weight excluding hydrogens is 252 g/mol. The van der Waals surface area contributed by atoms with Crippen molar-refractivity contribution >= 4 is 6.09 Å². The van der Waals surface area contributed by atoms with E-state index in [1.165, 1.54) is 12.8 Å². The number of para-hydroxylation sites is 1. The van der Waals surface area contributed by atoms with E-state index in [4.69, 9.17) is 4.74 Å². The van der Waals surface area contributed by atoms with E-state index in [9.17, 15) is 4.79 Å². The number of benzene rings is 1. The van der Waals surface area contributed by atoms with Crippen molar-refractivity contribution in [1.82, 2.24) is 10.2 Å². The van der Waals surface area contributed by atoms with Crippen LogP contribution in [0.2, 0.25) is 0 Å². The molecule has 0 saturated carbocycles. The third kappa shape index (κ3) is 4.53. The van der Waals surface area contributed by atoms with Gasteiger partial charge in [0.1, 0.15) is 5.75 Å². The molecule has 1 saturated heterocycles. The minimum Gasteiger partial charge on any atom is -0.410 e. The first-order chi connectivity index (χ1) is 9.65. The first kappa shape index (κ1) is 14.9. The van der Waals surface area contributed by atoms with Crippen LogP contribution in [0.1, 0.15) is 26.7 Å². The first-order valence-electron chi connectivity index (χ1n) is 7.40. The summed E-state index contributed by atoms with van der Waals surface area (Å²) in [5, 5.41) is 2.84. The fourth-order valence-electron chi connectivity index (χ4n) is 2.46. The second kappa shape index (κ2) is 7.29. The van der Waals surface area contributed by atoms with Crippen LogP contribution >= 0.6 is 0 Å². The topological polar surface area (TPSA) is 41.6 Å². The lowest BCUT2D eigenvalue weighted by molar-refractivity contribution is 0.141. The Morgan fingerprint density at radius 1 is 1.35 bits per heavy atom. The Hall–Kier alpha value is -1.55. The molecule has 0 radical (unpaired) electrons. The molecule has 1 atom stereocenters. The van der Waals surface area contributed by atoms with Crippen LogP contribution in [0.15, 0.2) is 30.3 Å². The fourth-order valence-corrected chi connectivity index (χ4v) is 2.46. The van der Waals surface area contributed by atoms with Gasteiger partial charge in [-0.25, -0.2) is 4.79 Å². The number of hydrogen-bond acceptors (Lipinski definition) is 3. The second-order valence-corrected chi connectivity index (χ2v) is 5.65. The Kier molecular flexibility index (Phi) is 5.41. The smallest absolute Gasteiger partial charge is 0.410 e. The molecule has 110 valence electrons. The van der Waals surface area contributed by atoms with Crippen LogP contribution in [0.25, 0.3) is 0 Å². The zero-order chi connectivity index (χ0) is 14.4. The Morgan fingerprint density at radius 2 is 2.00 bits per heavy atom. The van der Waals surface area contributed by atoms with Crippen molar-refractivity contribution in [3.63, 3.8) is 0 Å². The molecule has 0 aromatic heterocycles. The van der Waals surface area contributed by atoms with Crippen molar-refractivity contribution in [1.29, 1.82) is 0 Å². The number of hydrogen-bond donors (Lipinski definition) is 1.